The summed E-state index contributed by atoms with van der Waals surface area (Å²) in [6.07, 6.45) is 3.99. The largest absolute Gasteiger partial charge is 0.263 e. The molecule has 3 nitrogen and oxygen atoms in total. The van der Waals surface area contributed by atoms with Crippen LogP contribution in [-0.4, -0.2) is 19.7 Å². The molecule has 0 N–H and O–H groups in total. The maximum atomic E-state index is 11.0. The van der Waals surface area contributed by atoms with Crippen molar-refractivity contribution >= 4 is 25.8 Å². The van der Waals surface area contributed by atoms with E-state index in [1.165, 1.54) is 12.4 Å². The molecule has 0 aliphatic heterocycles. The third-order valence-electron chi connectivity index (χ3n) is 1.13. The Kier molecular flexibility index (Phi) is 2.29. The number of hydrogen-bond donors (Lipinski definition) is 0. The highest BCUT2D eigenvalue weighted by Gasteiger charge is 2.10. The SMILES string of the molecule is CS(=O)(=O)c1cnccc1Br. The number of halogens is 1. The molecule has 0 bridgehead atoms. The van der Waals surface area contributed by atoms with Crippen LogP contribution in [0.5, 0.6) is 0 Å². The van der Waals surface area contributed by atoms with Gasteiger partial charge in [0.1, 0.15) is 0 Å². The molecule has 0 amide bonds. The fourth-order valence-corrected chi connectivity index (χ4v) is 2.41. The molecular formula is C6H6BrNO2S. The van der Waals surface area contributed by atoms with Crippen molar-refractivity contribution in [2.45, 2.75) is 4.90 Å². The van der Waals surface area contributed by atoms with E-state index >= 15 is 0 Å². The van der Waals surface area contributed by atoms with Gasteiger partial charge in [-0.25, -0.2) is 8.42 Å². The molecule has 1 aromatic heterocycles. The van der Waals surface area contributed by atoms with E-state index in [4.69, 9.17) is 0 Å². The van der Waals surface area contributed by atoms with Gasteiger partial charge in [-0.1, -0.05) is 0 Å². The first-order chi connectivity index (χ1) is 5.02. The highest BCUT2D eigenvalue weighted by molar-refractivity contribution is 9.10. The van der Waals surface area contributed by atoms with Crippen LogP contribution in [0, 0.1) is 0 Å². The highest BCUT2D eigenvalue weighted by atomic mass is 79.9. The first kappa shape index (κ1) is 8.67. The van der Waals surface area contributed by atoms with Crippen LogP contribution < -0.4 is 0 Å². The van der Waals surface area contributed by atoms with Crippen molar-refractivity contribution in [3.05, 3.63) is 22.9 Å². The molecule has 0 aromatic carbocycles. The molecule has 0 saturated heterocycles. The van der Waals surface area contributed by atoms with Crippen molar-refractivity contribution in [1.82, 2.24) is 4.98 Å². The van der Waals surface area contributed by atoms with Gasteiger partial charge in [0.25, 0.3) is 0 Å². The summed E-state index contributed by atoms with van der Waals surface area (Å²) in [4.78, 5) is 3.93. The molecule has 1 rings (SSSR count). The fraction of sp³-hybridized carbons (Fsp3) is 0.167. The van der Waals surface area contributed by atoms with Crippen LogP contribution in [0.2, 0.25) is 0 Å². The Morgan fingerprint density at radius 2 is 2.18 bits per heavy atom. The third-order valence-corrected chi connectivity index (χ3v) is 3.21. The molecule has 60 valence electrons. The maximum Gasteiger partial charge on any atom is 0.178 e. The van der Waals surface area contributed by atoms with Crippen molar-refractivity contribution in [2.24, 2.45) is 0 Å². The predicted octanol–water partition coefficient (Wildman–Crippen LogP) is 1.25. The topological polar surface area (TPSA) is 47.0 Å². The minimum absolute atomic E-state index is 0.222. The number of nitrogens with zero attached hydrogens (tertiary/aromatic N) is 1. The first-order valence-electron chi connectivity index (χ1n) is 2.81. The lowest BCUT2D eigenvalue weighted by Gasteiger charge is -1.98. The Hall–Kier alpha value is -0.420. The van der Waals surface area contributed by atoms with E-state index in [0.717, 1.165) is 6.26 Å². The molecule has 0 fully saturated rings. The molecule has 11 heavy (non-hydrogen) atoms. The minimum Gasteiger partial charge on any atom is -0.263 e. The predicted molar refractivity (Wildman–Crippen MR) is 45.0 cm³/mol. The Balaban J connectivity index is 3.37. The highest BCUT2D eigenvalue weighted by Crippen LogP contribution is 2.19. The number of rotatable bonds is 1. The number of sulfone groups is 1. The Morgan fingerprint density at radius 3 is 2.55 bits per heavy atom. The van der Waals surface area contributed by atoms with E-state index in [9.17, 15) is 8.42 Å². The summed E-state index contributed by atoms with van der Waals surface area (Å²) < 4.78 is 22.5. The smallest absolute Gasteiger partial charge is 0.178 e. The van der Waals surface area contributed by atoms with Crippen LogP contribution >= 0.6 is 15.9 Å². The standard InChI is InChI=1S/C6H6BrNO2S/c1-11(9,10)6-4-8-3-2-5(6)7/h2-4H,1H3. The van der Waals surface area contributed by atoms with E-state index < -0.39 is 9.84 Å². The monoisotopic (exact) mass is 235 g/mol. The average Bonchev–Trinajstić information content (AvgIpc) is 1.86. The van der Waals surface area contributed by atoms with Crippen LogP contribution in [0.3, 0.4) is 0 Å². The van der Waals surface area contributed by atoms with Gasteiger partial charge in [0.2, 0.25) is 0 Å². The molecule has 1 heterocycles. The molecule has 1 aromatic rings. The van der Waals surface area contributed by atoms with E-state index in [2.05, 4.69) is 20.9 Å². The zero-order valence-corrected chi connectivity index (χ0v) is 8.18. The molecule has 0 aliphatic carbocycles. The molecule has 0 unspecified atom stereocenters. The van der Waals surface area contributed by atoms with Crippen LogP contribution in [0.4, 0.5) is 0 Å². The van der Waals surface area contributed by atoms with Gasteiger partial charge in [-0.15, -0.1) is 0 Å². The Morgan fingerprint density at radius 1 is 1.55 bits per heavy atom. The second-order valence-electron chi connectivity index (χ2n) is 2.08. The number of pyridine rings is 1. The zero-order chi connectivity index (χ0) is 8.48. The van der Waals surface area contributed by atoms with Crippen molar-refractivity contribution in [3.8, 4) is 0 Å². The Labute approximate surface area is 73.5 Å². The van der Waals surface area contributed by atoms with Gasteiger partial charge in [0, 0.05) is 23.1 Å². The van der Waals surface area contributed by atoms with Gasteiger partial charge in [-0.3, -0.25) is 4.98 Å². The van der Waals surface area contributed by atoms with E-state index in [1.54, 1.807) is 6.07 Å². The molecule has 0 spiro atoms. The summed E-state index contributed by atoms with van der Waals surface area (Å²) in [5.41, 5.74) is 0. The molecule has 0 radical (unpaired) electrons. The van der Waals surface area contributed by atoms with Crippen molar-refractivity contribution in [2.75, 3.05) is 6.26 Å². The molecule has 0 saturated carbocycles. The fourth-order valence-electron chi connectivity index (χ4n) is 0.636. The Bertz CT molecular complexity index is 361. The summed E-state index contributed by atoms with van der Waals surface area (Å²) in [7, 11) is -3.14. The summed E-state index contributed by atoms with van der Waals surface area (Å²) in [5.74, 6) is 0. The molecule has 5 heteroatoms. The van der Waals surface area contributed by atoms with Crippen molar-refractivity contribution in [3.63, 3.8) is 0 Å². The normalized spacial score (nSPS) is 11.5. The number of hydrogen-bond acceptors (Lipinski definition) is 3. The lowest BCUT2D eigenvalue weighted by Crippen LogP contribution is -1.98. The van der Waals surface area contributed by atoms with Crippen LogP contribution in [0.1, 0.15) is 0 Å². The lowest BCUT2D eigenvalue weighted by molar-refractivity contribution is 0.601. The molecule has 0 atom stereocenters. The second-order valence-corrected chi connectivity index (χ2v) is 4.92. The summed E-state index contributed by atoms with van der Waals surface area (Å²) in [5, 5.41) is 0. The maximum absolute atomic E-state index is 11.0. The van der Waals surface area contributed by atoms with Crippen LogP contribution in [0.25, 0.3) is 0 Å². The molecule has 0 aliphatic rings. The van der Waals surface area contributed by atoms with Gasteiger partial charge in [-0.2, -0.15) is 0 Å². The summed E-state index contributed by atoms with van der Waals surface area (Å²) in [6.45, 7) is 0. The number of aromatic nitrogens is 1. The van der Waals surface area contributed by atoms with Gasteiger partial charge in [0.15, 0.2) is 9.84 Å². The van der Waals surface area contributed by atoms with Gasteiger partial charge < -0.3 is 0 Å². The van der Waals surface area contributed by atoms with E-state index in [-0.39, 0.29) is 4.90 Å². The quantitative estimate of drug-likeness (QED) is 0.737. The molecular weight excluding hydrogens is 230 g/mol. The zero-order valence-electron chi connectivity index (χ0n) is 5.78. The van der Waals surface area contributed by atoms with Crippen molar-refractivity contribution in [1.29, 1.82) is 0 Å². The van der Waals surface area contributed by atoms with Gasteiger partial charge in [-0.05, 0) is 22.0 Å². The van der Waals surface area contributed by atoms with E-state index in [1.807, 2.05) is 0 Å². The van der Waals surface area contributed by atoms with Crippen molar-refractivity contribution < 1.29 is 8.42 Å². The lowest BCUT2D eigenvalue weighted by atomic mass is 10.5. The summed E-state index contributed by atoms with van der Waals surface area (Å²) >= 11 is 3.11. The van der Waals surface area contributed by atoms with Gasteiger partial charge in [0.05, 0.1) is 4.90 Å². The van der Waals surface area contributed by atoms with Crippen LogP contribution in [-0.2, 0) is 9.84 Å². The third kappa shape index (κ3) is 2.00. The minimum atomic E-state index is -3.14. The van der Waals surface area contributed by atoms with Crippen LogP contribution in [0.15, 0.2) is 27.8 Å². The van der Waals surface area contributed by atoms with E-state index in [0.29, 0.717) is 4.47 Å². The first-order valence-corrected chi connectivity index (χ1v) is 5.50. The second kappa shape index (κ2) is 2.91. The summed E-state index contributed by atoms with van der Waals surface area (Å²) in [6, 6.07) is 1.59. The van der Waals surface area contributed by atoms with Gasteiger partial charge >= 0.3 is 0 Å². The average molecular weight is 236 g/mol.